The molecule has 0 radical (unpaired) electrons. The molecule has 0 atom stereocenters. The molecule has 0 aliphatic heterocycles. The van der Waals surface area contributed by atoms with E-state index in [9.17, 15) is 4.79 Å². The molecule has 1 amide bonds. The van der Waals surface area contributed by atoms with Crippen molar-refractivity contribution < 1.29 is 4.79 Å². The van der Waals surface area contributed by atoms with Crippen molar-refractivity contribution in [1.82, 2.24) is 15.3 Å². The summed E-state index contributed by atoms with van der Waals surface area (Å²) in [4.78, 5) is 19.3. The highest BCUT2D eigenvalue weighted by molar-refractivity contribution is 6.42. The number of nitrogens with zero attached hydrogens (tertiary/aromatic N) is 1. The Morgan fingerprint density at radius 3 is 2.83 bits per heavy atom. The summed E-state index contributed by atoms with van der Waals surface area (Å²) in [5.74, 6) is -0.00904. The molecule has 118 valence electrons. The van der Waals surface area contributed by atoms with Crippen molar-refractivity contribution in [2.45, 2.75) is 19.4 Å². The number of H-pyrrole nitrogens is 1. The van der Waals surface area contributed by atoms with Crippen LogP contribution < -0.4 is 5.32 Å². The molecule has 0 unspecified atom stereocenters. The van der Waals surface area contributed by atoms with Crippen LogP contribution in [-0.2, 0) is 17.8 Å². The van der Waals surface area contributed by atoms with E-state index in [1.807, 2.05) is 24.4 Å². The van der Waals surface area contributed by atoms with Crippen LogP contribution in [0.1, 0.15) is 17.5 Å². The van der Waals surface area contributed by atoms with Gasteiger partial charge in [-0.15, -0.1) is 0 Å². The van der Waals surface area contributed by atoms with Gasteiger partial charge in [-0.3, -0.25) is 4.79 Å². The number of fused-ring (bicyclic) bond motifs is 1. The number of hydrogen-bond acceptors (Lipinski definition) is 2. The van der Waals surface area contributed by atoms with E-state index in [-0.39, 0.29) is 5.91 Å². The van der Waals surface area contributed by atoms with E-state index in [1.165, 1.54) is 0 Å². The smallest absolute Gasteiger partial charge is 0.220 e. The fourth-order valence-corrected chi connectivity index (χ4v) is 2.64. The Hall–Kier alpha value is -2.04. The van der Waals surface area contributed by atoms with Crippen LogP contribution in [0.25, 0.3) is 11.0 Å². The monoisotopic (exact) mass is 347 g/mol. The minimum atomic E-state index is -0.00904. The molecule has 0 saturated carbocycles. The van der Waals surface area contributed by atoms with Gasteiger partial charge < -0.3 is 10.3 Å². The third-order valence-corrected chi connectivity index (χ3v) is 4.31. The fourth-order valence-electron chi connectivity index (χ4n) is 2.32. The number of amides is 1. The number of pyridine rings is 1. The summed E-state index contributed by atoms with van der Waals surface area (Å²) >= 11 is 11.8. The lowest BCUT2D eigenvalue weighted by Crippen LogP contribution is -2.23. The molecule has 23 heavy (non-hydrogen) atoms. The second-order valence-corrected chi connectivity index (χ2v) is 6.10. The van der Waals surface area contributed by atoms with Gasteiger partial charge in [-0.25, -0.2) is 4.98 Å². The maximum absolute atomic E-state index is 12.0. The average Bonchev–Trinajstić information content (AvgIpc) is 3.01. The average molecular weight is 348 g/mol. The molecule has 0 spiro atoms. The number of rotatable bonds is 5. The number of hydrogen-bond donors (Lipinski definition) is 2. The summed E-state index contributed by atoms with van der Waals surface area (Å²) in [5, 5.41) is 4.97. The number of carbonyl (C=O) groups excluding carboxylic acids is 1. The molecular formula is C17H15Cl2N3O. The van der Waals surface area contributed by atoms with Crippen molar-refractivity contribution in [2.75, 3.05) is 0 Å². The third-order valence-electron chi connectivity index (χ3n) is 3.57. The Bertz CT molecular complexity index is 845. The van der Waals surface area contributed by atoms with E-state index in [0.717, 1.165) is 22.2 Å². The predicted molar refractivity (Wildman–Crippen MR) is 92.7 cm³/mol. The van der Waals surface area contributed by atoms with Gasteiger partial charge in [0.1, 0.15) is 5.65 Å². The Labute approximate surface area is 143 Å². The Balaban J connectivity index is 1.51. The molecule has 2 N–H and O–H groups in total. The van der Waals surface area contributed by atoms with Crippen LogP contribution in [0.5, 0.6) is 0 Å². The molecule has 4 nitrogen and oxygen atoms in total. The van der Waals surface area contributed by atoms with Crippen molar-refractivity contribution in [2.24, 2.45) is 0 Å². The van der Waals surface area contributed by atoms with Crippen LogP contribution in [0.15, 0.2) is 42.7 Å². The van der Waals surface area contributed by atoms with Crippen LogP contribution in [0.3, 0.4) is 0 Å². The lowest BCUT2D eigenvalue weighted by Gasteiger charge is -2.06. The number of aromatic amines is 1. The van der Waals surface area contributed by atoms with Crippen LogP contribution in [0, 0.1) is 0 Å². The summed E-state index contributed by atoms with van der Waals surface area (Å²) in [6.07, 6.45) is 4.63. The van der Waals surface area contributed by atoms with E-state index >= 15 is 0 Å². The first-order chi connectivity index (χ1) is 11.1. The normalized spacial score (nSPS) is 10.9. The first kappa shape index (κ1) is 15.8. The van der Waals surface area contributed by atoms with Gasteiger partial charge in [-0.2, -0.15) is 0 Å². The maximum Gasteiger partial charge on any atom is 0.220 e. The van der Waals surface area contributed by atoms with Crippen molar-refractivity contribution in [1.29, 1.82) is 0 Å². The van der Waals surface area contributed by atoms with Gasteiger partial charge in [0, 0.05) is 30.7 Å². The molecule has 0 bridgehead atoms. The molecule has 6 heteroatoms. The molecular weight excluding hydrogens is 333 g/mol. The van der Waals surface area contributed by atoms with Gasteiger partial charge >= 0.3 is 0 Å². The van der Waals surface area contributed by atoms with E-state index in [4.69, 9.17) is 23.2 Å². The standard InChI is InChI=1S/C17H15Cl2N3O/c18-14-3-1-11(8-15(14)19)2-4-16(23)21-9-12-7-13-5-6-20-17(13)22-10-12/h1,3,5-8,10H,2,4,9H2,(H,20,22)(H,21,23). The zero-order valence-corrected chi connectivity index (χ0v) is 13.8. The number of aromatic nitrogens is 2. The molecule has 1 aromatic carbocycles. The van der Waals surface area contributed by atoms with Crippen molar-refractivity contribution in [3.63, 3.8) is 0 Å². The van der Waals surface area contributed by atoms with Gasteiger partial charge in [0.15, 0.2) is 0 Å². The minimum absolute atomic E-state index is 0.00904. The zero-order chi connectivity index (χ0) is 16.2. The number of nitrogens with one attached hydrogen (secondary N) is 2. The molecule has 3 rings (SSSR count). The summed E-state index contributed by atoms with van der Waals surface area (Å²) in [5.41, 5.74) is 2.81. The largest absolute Gasteiger partial charge is 0.352 e. The lowest BCUT2D eigenvalue weighted by molar-refractivity contribution is -0.121. The fraction of sp³-hybridized carbons (Fsp3) is 0.176. The first-order valence-electron chi connectivity index (χ1n) is 7.24. The van der Waals surface area contributed by atoms with Crippen molar-refractivity contribution in [3.05, 3.63) is 63.9 Å². The first-order valence-corrected chi connectivity index (χ1v) is 8.00. The summed E-state index contributed by atoms with van der Waals surface area (Å²) in [6, 6.07) is 9.39. The van der Waals surface area contributed by atoms with Gasteiger partial charge in [-0.05, 0) is 41.8 Å². The SMILES string of the molecule is O=C(CCc1ccc(Cl)c(Cl)c1)NCc1cnc2[nH]ccc2c1. The van der Waals surface area contributed by atoms with Crippen LogP contribution >= 0.6 is 23.2 Å². The quantitative estimate of drug-likeness (QED) is 0.729. The third kappa shape index (κ3) is 4.03. The number of carbonyl (C=O) groups is 1. The molecule has 0 saturated heterocycles. The topological polar surface area (TPSA) is 57.8 Å². The van der Waals surface area contributed by atoms with Gasteiger partial charge in [0.25, 0.3) is 0 Å². The molecule has 2 aromatic heterocycles. The van der Waals surface area contributed by atoms with E-state index in [0.29, 0.717) is 29.4 Å². The highest BCUT2D eigenvalue weighted by Crippen LogP contribution is 2.23. The molecule has 0 aliphatic carbocycles. The van der Waals surface area contributed by atoms with Crippen molar-refractivity contribution >= 4 is 40.1 Å². The van der Waals surface area contributed by atoms with Crippen LogP contribution in [0.4, 0.5) is 0 Å². The second kappa shape index (κ2) is 7.02. The predicted octanol–water partition coefficient (Wildman–Crippen LogP) is 4.12. The van der Waals surface area contributed by atoms with E-state index in [1.54, 1.807) is 18.3 Å². The zero-order valence-electron chi connectivity index (χ0n) is 12.3. The van der Waals surface area contributed by atoms with Crippen LogP contribution in [-0.4, -0.2) is 15.9 Å². The van der Waals surface area contributed by atoms with E-state index in [2.05, 4.69) is 15.3 Å². The molecule has 0 fully saturated rings. The summed E-state index contributed by atoms with van der Waals surface area (Å²) < 4.78 is 0. The maximum atomic E-state index is 12.0. The number of aryl methyl sites for hydroxylation is 1. The molecule has 3 aromatic rings. The van der Waals surface area contributed by atoms with E-state index < -0.39 is 0 Å². The number of halogens is 2. The van der Waals surface area contributed by atoms with Gasteiger partial charge in [-0.1, -0.05) is 29.3 Å². The minimum Gasteiger partial charge on any atom is -0.352 e. The second-order valence-electron chi connectivity index (χ2n) is 5.28. The Morgan fingerprint density at radius 2 is 2.00 bits per heavy atom. The van der Waals surface area contributed by atoms with Gasteiger partial charge in [0.2, 0.25) is 5.91 Å². The number of benzene rings is 1. The summed E-state index contributed by atoms with van der Waals surface area (Å²) in [7, 11) is 0. The van der Waals surface area contributed by atoms with Crippen molar-refractivity contribution in [3.8, 4) is 0 Å². The highest BCUT2D eigenvalue weighted by Gasteiger charge is 2.05. The molecule has 2 heterocycles. The summed E-state index contributed by atoms with van der Waals surface area (Å²) in [6.45, 7) is 0.467. The van der Waals surface area contributed by atoms with Crippen LogP contribution in [0.2, 0.25) is 10.0 Å². The molecule has 0 aliphatic rings. The lowest BCUT2D eigenvalue weighted by atomic mass is 10.1. The van der Waals surface area contributed by atoms with Gasteiger partial charge in [0.05, 0.1) is 10.0 Å². The highest BCUT2D eigenvalue weighted by atomic mass is 35.5. The Morgan fingerprint density at radius 1 is 1.13 bits per heavy atom. The Kier molecular flexibility index (Phi) is 4.84.